The van der Waals surface area contributed by atoms with Crippen LogP contribution in [0.5, 0.6) is 0 Å². The number of aliphatic hydroxyl groups excluding tert-OH is 1. The normalized spacial score (nSPS) is 27.9. The lowest BCUT2D eigenvalue weighted by Gasteiger charge is -2.30. The Morgan fingerprint density at radius 2 is 2.15 bits per heavy atom. The van der Waals surface area contributed by atoms with E-state index in [-0.39, 0.29) is 24.4 Å². The molecule has 1 aliphatic heterocycles. The zero-order valence-corrected chi connectivity index (χ0v) is 11.1. The van der Waals surface area contributed by atoms with Gasteiger partial charge in [0.25, 0.3) is 0 Å². The molecule has 0 bridgehead atoms. The van der Waals surface area contributed by atoms with Crippen LogP contribution in [-0.4, -0.2) is 36.4 Å². The Morgan fingerprint density at radius 1 is 1.40 bits per heavy atom. The van der Waals surface area contributed by atoms with Crippen LogP contribution in [0, 0.1) is 5.82 Å². The van der Waals surface area contributed by atoms with Crippen molar-refractivity contribution in [2.75, 3.05) is 13.2 Å². The highest BCUT2D eigenvalue weighted by atomic mass is 19.1. The van der Waals surface area contributed by atoms with E-state index in [1.807, 2.05) is 0 Å². The molecule has 0 aromatic heterocycles. The van der Waals surface area contributed by atoms with E-state index < -0.39 is 11.5 Å². The van der Waals surface area contributed by atoms with Crippen LogP contribution in [0.4, 0.5) is 4.39 Å². The van der Waals surface area contributed by atoms with Gasteiger partial charge in [-0.05, 0) is 25.3 Å². The summed E-state index contributed by atoms with van der Waals surface area (Å²) in [6, 6.07) is 6.11. The summed E-state index contributed by atoms with van der Waals surface area (Å²) < 4.78 is 19.0. The third kappa shape index (κ3) is 2.31. The molecular weight excluding hydrogens is 261 g/mol. The van der Waals surface area contributed by atoms with E-state index in [2.05, 4.69) is 5.32 Å². The van der Waals surface area contributed by atoms with Crippen molar-refractivity contribution in [3.63, 3.8) is 0 Å². The monoisotopic (exact) mass is 279 g/mol. The third-order valence-electron chi connectivity index (χ3n) is 4.22. The number of ether oxygens (including phenoxy) is 1. The van der Waals surface area contributed by atoms with E-state index in [4.69, 9.17) is 4.74 Å². The van der Waals surface area contributed by atoms with Crippen molar-refractivity contribution >= 4 is 5.91 Å². The van der Waals surface area contributed by atoms with E-state index in [0.29, 0.717) is 31.4 Å². The Morgan fingerprint density at radius 3 is 2.80 bits per heavy atom. The van der Waals surface area contributed by atoms with Crippen molar-refractivity contribution in [2.45, 2.75) is 36.8 Å². The molecule has 2 atom stereocenters. The fraction of sp³-hybridized carbons (Fsp3) is 0.533. The van der Waals surface area contributed by atoms with Gasteiger partial charge in [-0.15, -0.1) is 0 Å². The molecule has 0 spiro atoms. The van der Waals surface area contributed by atoms with Crippen molar-refractivity contribution < 1.29 is 19.0 Å². The summed E-state index contributed by atoms with van der Waals surface area (Å²) in [7, 11) is 0. The number of rotatable bonds is 3. The molecule has 4 nitrogen and oxygen atoms in total. The van der Waals surface area contributed by atoms with Crippen LogP contribution in [0.25, 0.3) is 0 Å². The van der Waals surface area contributed by atoms with Crippen molar-refractivity contribution in [3.05, 3.63) is 35.6 Å². The summed E-state index contributed by atoms with van der Waals surface area (Å²) in [6.45, 7) is 0.756. The molecule has 108 valence electrons. The van der Waals surface area contributed by atoms with Gasteiger partial charge in [-0.3, -0.25) is 4.79 Å². The zero-order chi connectivity index (χ0) is 14.2. The highest BCUT2D eigenvalue weighted by molar-refractivity contribution is 5.91. The topological polar surface area (TPSA) is 58.6 Å². The summed E-state index contributed by atoms with van der Waals surface area (Å²) in [5.74, 6) is -0.527. The Labute approximate surface area is 116 Å². The van der Waals surface area contributed by atoms with Gasteiger partial charge >= 0.3 is 0 Å². The number of amides is 1. The second kappa shape index (κ2) is 5.14. The highest BCUT2D eigenvalue weighted by Crippen LogP contribution is 2.49. The first-order chi connectivity index (χ1) is 9.63. The quantitative estimate of drug-likeness (QED) is 0.872. The number of hydrogen-bond donors (Lipinski definition) is 2. The minimum absolute atomic E-state index is 0.187. The van der Waals surface area contributed by atoms with E-state index in [9.17, 15) is 14.3 Å². The number of nitrogens with one attached hydrogen (secondary N) is 1. The van der Waals surface area contributed by atoms with Gasteiger partial charge in [-0.1, -0.05) is 18.2 Å². The van der Waals surface area contributed by atoms with Gasteiger partial charge in [-0.2, -0.15) is 0 Å². The molecule has 1 aromatic carbocycles. The van der Waals surface area contributed by atoms with E-state index in [1.54, 1.807) is 18.2 Å². The van der Waals surface area contributed by atoms with Crippen LogP contribution in [0.1, 0.15) is 24.8 Å². The first kappa shape index (κ1) is 13.5. The molecule has 2 N–H and O–H groups in total. The molecule has 1 amide bonds. The smallest absolute Gasteiger partial charge is 0.231 e. The minimum atomic E-state index is -0.747. The van der Waals surface area contributed by atoms with Gasteiger partial charge in [0.15, 0.2) is 0 Å². The van der Waals surface area contributed by atoms with Crippen LogP contribution >= 0.6 is 0 Å². The van der Waals surface area contributed by atoms with E-state index in [1.165, 1.54) is 6.07 Å². The Hall–Kier alpha value is -1.46. The Bertz CT molecular complexity index is 516. The molecule has 20 heavy (non-hydrogen) atoms. The predicted molar refractivity (Wildman–Crippen MR) is 70.7 cm³/mol. The minimum Gasteiger partial charge on any atom is -0.389 e. The molecule has 5 heteroatoms. The van der Waals surface area contributed by atoms with Crippen molar-refractivity contribution in [1.82, 2.24) is 5.32 Å². The molecule has 1 aliphatic carbocycles. The molecule has 2 fully saturated rings. The fourth-order valence-corrected chi connectivity index (χ4v) is 2.79. The van der Waals surface area contributed by atoms with Crippen LogP contribution in [-0.2, 0) is 14.9 Å². The molecule has 1 saturated carbocycles. The first-order valence-corrected chi connectivity index (χ1v) is 6.95. The van der Waals surface area contributed by atoms with E-state index in [0.717, 1.165) is 0 Å². The predicted octanol–water partition coefficient (Wildman–Crippen LogP) is 1.12. The standard InChI is InChI=1S/C15H18FNO3/c16-11-4-2-1-3-10(11)15(6-7-15)14(19)17-12-5-8-20-9-13(12)18/h1-4,12-13,18H,5-9H2,(H,17,19)/t12-,13-/m1/s1. The van der Waals surface area contributed by atoms with Gasteiger partial charge in [0.05, 0.1) is 24.2 Å². The average Bonchev–Trinajstić information content (AvgIpc) is 3.23. The van der Waals surface area contributed by atoms with Crippen molar-refractivity contribution in [2.24, 2.45) is 0 Å². The number of carbonyl (C=O) groups excluding carboxylic acids is 1. The number of aliphatic hydroxyl groups is 1. The van der Waals surface area contributed by atoms with Crippen LogP contribution in [0.15, 0.2) is 24.3 Å². The largest absolute Gasteiger partial charge is 0.389 e. The highest BCUT2D eigenvalue weighted by Gasteiger charge is 2.53. The molecule has 1 aromatic rings. The van der Waals surface area contributed by atoms with Gasteiger partial charge < -0.3 is 15.2 Å². The molecule has 0 radical (unpaired) electrons. The number of halogens is 1. The molecule has 1 heterocycles. The lowest BCUT2D eigenvalue weighted by Crippen LogP contribution is -2.51. The first-order valence-electron chi connectivity index (χ1n) is 6.95. The third-order valence-corrected chi connectivity index (χ3v) is 4.22. The summed E-state index contributed by atoms with van der Waals surface area (Å²) in [4.78, 5) is 12.5. The number of hydrogen-bond acceptors (Lipinski definition) is 3. The van der Waals surface area contributed by atoms with Crippen LogP contribution in [0.2, 0.25) is 0 Å². The molecule has 2 aliphatic rings. The van der Waals surface area contributed by atoms with Crippen LogP contribution in [0.3, 0.4) is 0 Å². The Balaban J connectivity index is 1.75. The summed E-state index contributed by atoms with van der Waals surface area (Å²) in [5.41, 5.74) is -0.289. The lowest BCUT2D eigenvalue weighted by molar-refractivity contribution is -0.127. The van der Waals surface area contributed by atoms with Gasteiger partial charge in [0, 0.05) is 12.2 Å². The summed E-state index contributed by atoms with van der Waals surface area (Å²) in [6.07, 6.45) is 1.20. The number of benzene rings is 1. The maximum atomic E-state index is 13.9. The second-order valence-electron chi connectivity index (χ2n) is 5.57. The maximum Gasteiger partial charge on any atom is 0.231 e. The number of carbonyl (C=O) groups is 1. The second-order valence-corrected chi connectivity index (χ2v) is 5.57. The fourth-order valence-electron chi connectivity index (χ4n) is 2.79. The van der Waals surface area contributed by atoms with Gasteiger partial charge in [0.1, 0.15) is 5.82 Å². The lowest BCUT2D eigenvalue weighted by atomic mass is 9.93. The molecular formula is C15H18FNO3. The summed E-state index contributed by atoms with van der Waals surface area (Å²) in [5, 5.41) is 12.7. The average molecular weight is 279 g/mol. The van der Waals surface area contributed by atoms with Crippen LogP contribution < -0.4 is 5.32 Å². The SMILES string of the molecule is O=C(N[C@@H]1CCOC[C@H]1O)C1(c2ccccc2F)CC1. The maximum absolute atomic E-state index is 13.9. The molecule has 0 unspecified atom stereocenters. The van der Waals surface area contributed by atoms with Crippen molar-refractivity contribution in [3.8, 4) is 0 Å². The van der Waals surface area contributed by atoms with Gasteiger partial charge in [0.2, 0.25) is 5.91 Å². The van der Waals surface area contributed by atoms with E-state index >= 15 is 0 Å². The molecule has 3 rings (SSSR count). The molecule has 1 saturated heterocycles. The summed E-state index contributed by atoms with van der Waals surface area (Å²) >= 11 is 0. The van der Waals surface area contributed by atoms with Crippen molar-refractivity contribution in [1.29, 1.82) is 0 Å². The van der Waals surface area contributed by atoms with Gasteiger partial charge in [-0.25, -0.2) is 4.39 Å². The zero-order valence-electron chi connectivity index (χ0n) is 11.1. The Kier molecular flexibility index (Phi) is 3.48.